The summed E-state index contributed by atoms with van der Waals surface area (Å²) in [6.45, 7) is 2.73. The minimum atomic E-state index is -0.387. The number of carbonyl (C=O) groups excluding carboxylic acids is 1. The number of ether oxygens (including phenoxy) is 1. The predicted octanol–water partition coefficient (Wildman–Crippen LogP) is 2.47. The lowest BCUT2D eigenvalue weighted by atomic mass is 9.74. The van der Waals surface area contributed by atoms with Gasteiger partial charge < -0.3 is 15.8 Å². The summed E-state index contributed by atoms with van der Waals surface area (Å²) < 4.78 is 5.48. The molecule has 2 aliphatic rings. The molecule has 1 heterocycles. The van der Waals surface area contributed by atoms with Gasteiger partial charge in [0.15, 0.2) is 0 Å². The van der Waals surface area contributed by atoms with Gasteiger partial charge >= 0.3 is 0 Å². The summed E-state index contributed by atoms with van der Waals surface area (Å²) in [7, 11) is 0. The minimum Gasteiger partial charge on any atom is -0.493 e. The summed E-state index contributed by atoms with van der Waals surface area (Å²) >= 11 is 0. The number of hydrogen-bond acceptors (Lipinski definition) is 3. The lowest BCUT2D eigenvalue weighted by Gasteiger charge is -2.37. The van der Waals surface area contributed by atoms with Gasteiger partial charge in [-0.1, -0.05) is 12.8 Å². The highest BCUT2D eigenvalue weighted by molar-refractivity contribution is 5.93. The van der Waals surface area contributed by atoms with E-state index in [9.17, 15) is 4.79 Å². The lowest BCUT2D eigenvalue weighted by molar-refractivity contribution is -0.122. The zero-order valence-electron chi connectivity index (χ0n) is 11.9. The number of rotatable bonds is 2. The molecule has 0 radical (unpaired) electrons. The van der Waals surface area contributed by atoms with Gasteiger partial charge in [0.05, 0.1) is 12.5 Å². The fourth-order valence-corrected chi connectivity index (χ4v) is 3.28. The standard InChI is InChI=1S/C16H22N2O2/c1-16(17)8-3-2-4-13(16)15(19)18-12-5-6-14-11(10-12)7-9-20-14/h5-6,10,13H,2-4,7-9,17H2,1H3,(H,18,19). The van der Waals surface area contributed by atoms with Crippen molar-refractivity contribution in [2.45, 2.75) is 44.6 Å². The topological polar surface area (TPSA) is 64.4 Å². The van der Waals surface area contributed by atoms with Crippen LogP contribution in [0.25, 0.3) is 0 Å². The molecule has 1 fully saturated rings. The van der Waals surface area contributed by atoms with Gasteiger partial charge in [0.1, 0.15) is 5.75 Å². The Labute approximate surface area is 119 Å². The first kappa shape index (κ1) is 13.4. The van der Waals surface area contributed by atoms with Crippen molar-refractivity contribution in [2.24, 2.45) is 11.7 Å². The molecule has 4 heteroatoms. The molecule has 1 aromatic rings. The number of amides is 1. The summed E-state index contributed by atoms with van der Waals surface area (Å²) in [5.41, 5.74) is 7.92. The second kappa shape index (κ2) is 5.09. The monoisotopic (exact) mass is 274 g/mol. The van der Waals surface area contributed by atoms with Crippen LogP contribution in [0.2, 0.25) is 0 Å². The summed E-state index contributed by atoms with van der Waals surface area (Å²) in [6.07, 6.45) is 4.92. The third-order valence-corrected chi connectivity index (χ3v) is 4.53. The van der Waals surface area contributed by atoms with Crippen LogP contribution in [0.4, 0.5) is 5.69 Å². The van der Waals surface area contributed by atoms with E-state index in [0.29, 0.717) is 0 Å². The molecule has 1 aliphatic carbocycles. The van der Waals surface area contributed by atoms with Crippen LogP contribution in [0, 0.1) is 5.92 Å². The predicted molar refractivity (Wildman–Crippen MR) is 78.8 cm³/mol. The van der Waals surface area contributed by atoms with E-state index in [1.807, 2.05) is 25.1 Å². The molecular formula is C16H22N2O2. The molecule has 4 nitrogen and oxygen atoms in total. The molecule has 0 bridgehead atoms. The fraction of sp³-hybridized carbons (Fsp3) is 0.562. The van der Waals surface area contributed by atoms with Crippen LogP contribution < -0.4 is 15.8 Å². The molecule has 3 N–H and O–H groups in total. The maximum atomic E-state index is 12.5. The summed E-state index contributed by atoms with van der Waals surface area (Å²) in [5, 5.41) is 3.02. The molecule has 2 unspecified atom stereocenters. The number of nitrogens with two attached hydrogens (primary N) is 1. The number of anilines is 1. The molecule has 1 saturated carbocycles. The molecule has 108 valence electrons. The first-order valence-corrected chi connectivity index (χ1v) is 7.42. The first-order chi connectivity index (χ1) is 9.56. The van der Waals surface area contributed by atoms with Crippen molar-refractivity contribution < 1.29 is 9.53 Å². The average molecular weight is 274 g/mol. The minimum absolute atomic E-state index is 0.0496. The van der Waals surface area contributed by atoms with Crippen molar-refractivity contribution in [3.05, 3.63) is 23.8 Å². The Hall–Kier alpha value is -1.55. The molecule has 1 amide bonds. The van der Waals surface area contributed by atoms with Gasteiger partial charge in [-0.25, -0.2) is 0 Å². The zero-order valence-corrected chi connectivity index (χ0v) is 11.9. The maximum Gasteiger partial charge on any atom is 0.229 e. The summed E-state index contributed by atoms with van der Waals surface area (Å²) in [4.78, 5) is 12.5. The number of nitrogens with one attached hydrogen (secondary N) is 1. The van der Waals surface area contributed by atoms with Gasteiger partial charge in [0.25, 0.3) is 0 Å². The Bertz CT molecular complexity index is 525. The van der Waals surface area contributed by atoms with Crippen molar-refractivity contribution in [1.82, 2.24) is 0 Å². The molecule has 3 rings (SSSR count). The van der Waals surface area contributed by atoms with Crippen molar-refractivity contribution in [1.29, 1.82) is 0 Å². The lowest BCUT2D eigenvalue weighted by Crippen LogP contribution is -2.51. The molecule has 20 heavy (non-hydrogen) atoms. The van der Waals surface area contributed by atoms with E-state index < -0.39 is 0 Å². The number of benzene rings is 1. The van der Waals surface area contributed by atoms with E-state index in [2.05, 4.69) is 5.32 Å². The zero-order chi connectivity index (χ0) is 14.2. The van der Waals surface area contributed by atoms with Crippen molar-refractivity contribution in [2.75, 3.05) is 11.9 Å². The van der Waals surface area contributed by atoms with Gasteiger partial charge in [-0.15, -0.1) is 0 Å². The average Bonchev–Trinajstić information content (AvgIpc) is 2.85. The Morgan fingerprint density at radius 3 is 3.10 bits per heavy atom. The number of fused-ring (bicyclic) bond motifs is 1. The maximum absolute atomic E-state index is 12.5. The molecule has 1 aliphatic heterocycles. The van der Waals surface area contributed by atoms with Crippen LogP contribution in [0.5, 0.6) is 5.75 Å². The van der Waals surface area contributed by atoms with Crippen LogP contribution >= 0.6 is 0 Å². The second-order valence-corrected chi connectivity index (χ2v) is 6.21. The third-order valence-electron chi connectivity index (χ3n) is 4.53. The van der Waals surface area contributed by atoms with E-state index in [1.54, 1.807) is 0 Å². The fourth-order valence-electron chi connectivity index (χ4n) is 3.28. The van der Waals surface area contributed by atoms with Crippen LogP contribution in [0.1, 0.15) is 38.2 Å². The largest absolute Gasteiger partial charge is 0.493 e. The second-order valence-electron chi connectivity index (χ2n) is 6.21. The van der Waals surface area contributed by atoms with E-state index in [1.165, 1.54) is 5.56 Å². The highest BCUT2D eigenvalue weighted by atomic mass is 16.5. The van der Waals surface area contributed by atoms with Gasteiger partial charge in [0.2, 0.25) is 5.91 Å². The molecular weight excluding hydrogens is 252 g/mol. The number of carbonyl (C=O) groups is 1. The smallest absolute Gasteiger partial charge is 0.229 e. The Morgan fingerprint density at radius 1 is 1.45 bits per heavy atom. The quantitative estimate of drug-likeness (QED) is 0.870. The molecule has 0 saturated heterocycles. The summed E-state index contributed by atoms with van der Waals surface area (Å²) in [6, 6.07) is 5.84. The molecule has 2 atom stereocenters. The molecule has 0 aromatic heterocycles. The Kier molecular flexibility index (Phi) is 3.42. The van der Waals surface area contributed by atoms with Gasteiger partial charge in [-0.3, -0.25) is 4.79 Å². The van der Waals surface area contributed by atoms with Crippen molar-refractivity contribution >= 4 is 11.6 Å². The number of hydrogen-bond donors (Lipinski definition) is 2. The SMILES string of the molecule is CC1(N)CCCCC1C(=O)Nc1ccc2c(c1)CCO2. The normalized spacial score (nSPS) is 28.6. The van der Waals surface area contributed by atoms with Gasteiger partial charge in [-0.05, 0) is 43.5 Å². The van der Waals surface area contributed by atoms with Gasteiger partial charge in [-0.2, -0.15) is 0 Å². The van der Waals surface area contributed by atoms with E-state index in [-0.39, 0.29) is 17.4 Å². The Morgan fingerprint density at radius 2 is 2.30 bits per heavy atom. The van der Waals surface area contributed by atoms with E-state index in [0.717, 1.165) is 50.1 Å². The third kappa shape index (κ3) is 2.52. The highest BCUT2D eigenvalue weighted by Crippen LogP contribution is 2.33. The van der Waals surface area contributed by atoms with Crippen LogP contribution in [0.15, 0.2) is 18.2 Å². The first-order valence-electron chi connectivity index (χ1n) is 7.42. The van der Waals surface area contributed by atoms with Crippen LogP contribution in [-0.4, -0.2) is 18.1 Å². The summed E-state index contributed by atoms with van der Waals surface area (Å²) in [5.74, 6) is 0.888. The van der Waals surface area contributed by atoms with Gasteiger partial charge in [0, 0.05) is 17.6 Å². The van der Waals surface area contributed by atoms with E-state index >= 15 is 0 Å². The Balaban J connectivity index is 1.72. The molecule has 1 aromatic carbocycles. The van der Waals surface area contributed by atoms with Crippen LogP contribution in [0.3, 0.4) is 0 Å². The van der Waals surface area contributed by atoms with Crippen molar-refractivity contribution in [3.8, 4) is 5.75 Å². The molecule has 0 spiro atoms. The van der Waals surface area contributed by atoms with Crippen molar-refractivity contribution in [3.63, 3.8) is 0 Å². The van der Waals surface area contributed by atoms with Crippen LogP contribution in [-0.2, 0) is 11.2 Å². The highest BCUT2D eigenvalue weighted by Gasteiger charge is 2.37. The van der Waals surface area contributed by atoms with E-state index in [4.69, 9.17) is 10.5 Å².